The number of anilines is 1. The van der Waals surface area contributed by atoms with Gasteiger partial charge in [-0.2, -0.15) is 0 Å². The molecule has 0 radical (unpaired) electrons. The van der Waals surface area contributed by atoms with Crippen molar-refractivity contribution in [3.63, 3.8) is 0 Å². The third kappa shape index (κ3) is 4.23. The van der Waals surface area contributed by atoms with Gasteiger partial charge in [0, 0.05) is 11.4 Å². The van der Waals surface area contributed by atoms with Gasteiger partial charge in [0.25, 0.3) is 5.56 Å². The molecular formula is C21H20N4O3S3. The zero-order chi connectivity index (χ0) is 22.1. The fourth-order valence-electron chi connectivity index (χ4n) is 3.08. The molecule has 0 saturated heterocycles. The molecule has 7 nitrogen and oxygen atoms in total. The molecule has 0 saturated carbocycles. The van der Waals surface area contributed by atoms with Crippen molar-refractivity contribution >= 4 is 65.9 Å². The van der Waals surface area contributed by atoms with Crippen molar-refractivity contribution in [2.45, 2.75) is 25.5 Å². The van der Waals surface area contributed by atoms with Crippen LogP contribution in [-0.4, -0.2) is 33.3 Å². The first-order valence-corrected chi connectivity index (χ1v) is 12.0. The van der Waals surface area contributed by atoms with Gasteiger partial charge in [0.1, 0.15) is 10.6 Å². The predicted octanol–water partition coefficient (Wildman–Crippen LogP) is 4.61. The largest absolute Gasteiger partial charge is 0.497 e. The molecule has 0 aliphatic carbocycles. The van der Waals surface area contributed by atoms with E-state index in [1.54, 1.807) is 17.8 Å². The molecule has 1 amide bonds. The number of ether oxygens (including phenoxy) is 1. The third-order valence-electron chi connectivity index (χ3n) is 4.74. The Kier molecular flexibility index (Phi) is 6.12. The van der Waals surface area contributed by atoms with Crippen molar-refractivity contribution in [3.05, 3.63) is 51.6 Å². The lowest BCUT2D eigenvalue weighted by atomic mass is 10.2. The van der Waals surface area contributed by atoms with Gasteiger partial charge in [-0.15, -0.1) is 17.9 Å². The van der Waals surface area contributed by atoms with Crippen LogP contribution in [0.4, 0.5) is 5.13 Å². The van der Waals surface area contributed by atoms with Crippen molar-refractivity contribution in [1.82, 2.24) is 14.5 Å². The number of hydrogen-bond donors (Lipinski definition) is 1. The second-order valence-corrected chi connectivity index (χ2v) is 9.93. The molecule has 0 spiro atoms. The highest BCUT2D eigenvalue weighted by Gasteiger charge is 2.17. The first-order valence-electron chi connectivity index (χ1n) is 9.40. The van der Waals surface area contributed by atoms with Crippen molar-refractivity contribution in [2.24, 2.45) is 0 Å². The Morgan fingerprint density at radius 3 is 2.87 bits per heavy atom. The summed E-state index contributed by atoms with van der Waals surface area (Å²) < 4.78 is 7.72. The van der Waals surface area contributed by atoms with E-state index in [0.717, 1.165) is 26.4 Å². The van der Waals surface area contributed by atoms with E-state index in [4.69, 9.17) is 4.74 Å². The van der Waals surface area contributed by atoms with Gasteiger partial charge in [-0.1, -0.05) is 29.2 Å². The first-order chi connectivity index (χ1) is 14.9. The number of rotatable bonds is 7. The number of aromatic nitrogens is 3. The molecule has 10 heteroatoms. The zero-order valence-corrected chi connectivity index (χ0v) is 19.7. The van der Waals surface area contributed by atoms with Crippen LogP contribution in [-0.2, 0) is 11.3 Å². The summed E-state index contributed by atoms with van der Waals surface area (Å²) in [5.74, 6) is 0.636. The van der Waals surface area contributed by atoms with E-state index >= 15 is 0 Å². The van der Waals surface area contributed by atoms with Gasteiger partial charge in [-0.05, 0) is 37.6 Å². The number of nitrogens with zero attached hydrogens (tertiary/aromatic N) is 3. The Hall–Kier alpha value is -2.69. The second kappa shape index (κ2) is 8.81. The number of nitrogens with one attached hydrogen (secondary N) is 1. The van der Waals surface area contributed by atoms with Crippen LogP contribution in [0, 0.1) is 13.8 Å². The van der Waals surface area contributed by atoms with E-state index in [-0.39, 0.29) is 17.2 Å². The summed E-state index contributed by atoms with van der Waals surface area (Å²) in [4.78, 5) is 36.4. The van der Waals surface area contributed by atoms with Crippen molar-refractivity contribution < 1.29 is 9.53 Å². The number of benzene rings is 1. The van der Waals surface area contributed by atoms with Crippen LogP contribution < -0.4 is 15.6 Å². The fourth-order valence-corrected chi connectivity index (χ4v) is 5.87. The maximum Gasteiger partial charge on any atom is 0.263 e. The fraction of sp³-hybridized carbons (Fsp3) is 0.238. The highest BCUT2D eigenvalue weighted by Crippen LogP contribution is 2.30. The quantitative estimate of drug-likeness (QED) is 0.240. The molecule has 4 aromatic rings. The first kappa shape index (κ1) is 21.5. The van der Waals surface area contributed by atoms with Gasteiger partial charge in [-0.25, -0.2) is 9.97 Å². The van der Waals surface area contributed by atoms with Crippen LogP contribution in [0.25, 0.3) is 20.4 Å². The highest BCUT2D eigenvalue weighted by molar-refractivity contribution is 7.99. The van der Waals surface area contributed by atoms with Gasteiger partial charge in [-0.3, -0.25) is 14.2 Å². The van der Waals surface area contributed by atoms with Gasteiger partial charge < -0.3 is 10.1 Å². The van der Waals surface area contributed by atoms with Gasteiger partial charge in [0.2, 0.25) is 5.91 Å². The molecule has 1 aromatic carbocycles. The summed E-state index contributed by atoms with van der Waals surface area (Å²) in [6.45, 7) is 7.99. The number of thiophene rings is 1. The maximum absolute atomic E-state index is 13.0. The number of amides is 1. The van der Waals surface area contributed by atoms with Crippen LogP contribution in [0.3, 0.4) is 0 Å². The van der Waals surface area contributed by atoms with Gasteiger partial charge >= 0.3 is 0 Å². The number of carbonyl (C=O) groups excluding carboxylic acids is 1. The van der Waals surface area contributed by atoms with Crippen LogP contribution in [0.5, 0.6) is 5.75 Å². The standard InChI is InChI=1S/C21H20N4O3S3/c1-5-8-25-19(27)17-11(2)12(3)30-18(17)24-21(25)29-10-16(26)23-20-22-14-7-6-13(28-4)9-15(14)31-20/h5-7,9H,1,8,10H2,2-4H3,(H,22,23,26). The SMILES string of the molecule is C=CCn1c(SCC(=O)Nc2nc3ccc(OC)cc3s2)nc2sc(C)c(C)c2c1=O. The second-order valence-electron chi connectivity index (χ2n) is 6.75. The average molecular weight is 473 g/mol. The summed E-state index contributed by atoms with van der Waals surface area (Å²) >= 11 is 4.10. The number of hydrogen-bond acceptors (Lipinski definition) is 8. The molecular weight excluding hydrogens is 452 g/mol. The van der Waals surface area contributed by atoms with Crippen molar-refractivity contribution in [1.29, 1.82) is 0 Å². The Labute approximate surface area is 190 Å². The number of carbonyl (C=O) groups is 1. The predicted molar refractivity (Wildman–Crippen MR) is 129 cm³/mol. The zero-order valence-electron chi connectivity index (χ0n) is 17.2. The average Bonchev–Trinajstić information content (AvgIpc) is 3.27. The van der Waals surface area contributed by atoms with Gasteiger partial charge in [0.05, 0.1) is 28.5 Å². The van der Waals surface area contributed by atoms with E-state index in [1.807, 2.05) is 32.0 Å². The monoisotopic (exact) mass is 472 g/mol. The Morgan fingerprint density at radius 1 is 1.32 bits per heavy atom. The van der Waals surface area contributed by atoms with Crippen LogP contribution in [0.2, 0.25) is 0 Å². The Morgan fingerprint density at radius 2 is 2.13 bits per heavy atom. The molecule has 4 rings (SSSR count). The summed E-state index contributed by atoms with van der Waals surface area (Å²) in [6, 6.07) is 5.57. The summed E-state index contributed by atoms with van der Waals surface area (Å²) in [5, 5.41) is 4.49. The van der Waals surface area contributed by atoms with Crippen LogP contribution >= 0.6 is 34.4 Å². The molecule has 0 fully saturated rings. The lowest BCUT2D eigenvalue weighted by Gasteiger charge is -2.10. The summed E-state index contributed by atoms with van der Waals surface area (Å²) in [7, 11) is 1.61. The molecule has 160 valence electrons. The molecule has 3 heterocycles. The minimum absolute atomic E-state index is 0.102. The normalized spacial score (nSPS) is 11.2. The third-order valence-corrected chi connectivity index (χ3v) is 7.75. The number of fused-ring (bicyclic) bond motifs is 2. The Balaban J connectivity index is 1.54. The lowest BCUT2D eigenvalue weighted by molar-refractivity contribution is -0.113. The van der Waals surface area contributed by atoms with Crippen LogP contribution in [0.1, 0.15) is 10.4 Å². The molecule has 0 unspecified atom stereocenters. The molecule has 0 bridgehead atoms. The smallest absolute Gasteiger partial charge is 0.263 e. The maximum atomic E-state index is 13.0. The number of allylic oxidation sites excluding steroid dienone is 1. The molecule has 0 aliphatic heterocycles. The van der Waals surface area contributed by atoms with E-state index in [2.05, 4.69) is 21.9 Å². The van der Waals surface area contributed by atoms with E-state index in [0.29, 0.717) is 27.0 Å². The molecule has 0 aliphatic rings. The number of thioether (sulfide) groups is 1. The van der Waals surface area contributed by atoms with Crippen LogP contribution in [0.15, 0.2) is 40.8 Å². The summed E-state index contributed by atoms with van der Waals surface area (Å²) in [5.41, 5.74) is 1.65. The number of methoxy groups -OCH3 is 1. The Bertz CT molecular complexity index is 1370. The number of thiazole rings is 1. The topological polar surface area (TPSA) is 86.1 Å². The molecule has 1 N–H and O–H groups in total. The van der Waals surface area contributed by atoms with Gasteiger partial charge in [0.15, 0.2) is 10.3 Å². The molecule has 0 atom stereocenters. The highest BCUT2D eigenvalue weighted by atomic mass is 32.2. The number of aryl methyl sites for hydroxylation is 2. The van der Waals surface area contributed by atoms with Crippen molar-refractivity contribution in [2.75, 3.05) is 18.2 Å². The minimum atomic E-state index is -0.214. The van der Waals surface area contributed by atoms with E-state index in [1.165, 1.54) is 34.4 Å². The molecule has 31 heavy (non-hydrogen) atoms. The lowest BCUT2D eigenvalue weighted by Crippen LogP contribution is -2.23. The molecule has 3 aromatic heterocycles. The van der Waals surface area contributed by atoms with E-state index < -0.39 is 0 Å². The minimum Gasteiger partial charge on any atom is -0.497 e. The van der Waals surface area contributed by atoms with E-state index in [9.17, 15) is 9.59 Å². The van der Waals surface area contributed by atoms with Crippen molar-refractivity contribution in [3.8, 4) is 5.75 Å². The summed E-state index contributed by atoms with van der Waals surface area (Å²) in [6.07, 6.45) is 1.66.